The van der Waals surface area contributed by atoms with Gasteiger partial charge in [0.1, 0.15) is 0 Å². The van der Waals surface area contributed by atoms with E-state index < -0.39 is 0 Å². The number of rotatable bonds is 3. The Kier molecular flexibility index (Phi) is 3.22. The van der Waals surface area contributed by atoms with Gasteiger partial charge in [0.2, 0.25) is 0 Å². The Morgan fingerprint density at radius 2 is 2.25 bits per heavy atom. The number of carbonyl (C=O) groups excluding carboxylic acids is 1. The zero-order valence-electron chi connectivity index (χ0n) is 10.5. The van der Waals surface area contributed by atoms with E-state index in [-0.39, 0.29) is 11.5 Å². The van der Waals surface area contributed by atoms with Gasteiger partial charge in [0.05, 0.1) is 13.2 Å². The molecule has 2 rings (SSSR count). The second-order valence-electron chi connectivity index (χ2n) is 5.36. The molecule has 0 radical (unpaired) electrons. The van der Waals surface area contributed by atoms with Gasteiger partial charge in [-0.05, 0) is 39.2 Å². The summed E-state index contributed by atoms with van der Waals surface area (Å²) in [7, 11) is 0. The van der Waals surface area contributed by atoms with Crippen LogP contribution in [0.4, 0.5) is 0 Å². The normalized spacial score (nSPS) is 32.7. The third-order valence-electron chi connectivity index (χ3n) is 4.14. The van der Waals surface area contributed by atoms with Gasteiger partial charge in [0.15, 0.2) is 0 Å². The number of carbonyl (C=O) groups is 1. The van der Waals surface area contributed by atoms with E-state index in [1.54, 1.807) is 0 Å². The van der Waals surface area contributed by atoms with Crippen LogP contribution in [0.25, 0.3) is 0 Å². The highest BCUT2D eigenvalue weighted by molar-refractivity contribution is 5.71. The zero-order chi connectivity index (χ0) is 11.8. The maximum atomic E-state index is 11.5. The van der Waals surface area contributed by atoms with Crippen molar-refractivity contribution in [3.8, 4) is 0 Å². The van der Waals surface area contributed by atoms with E-state index in [1.807, 2.05) is 6.92 Å². The molecule has 0 saturated carbocycles. The molecule has 0 aromatic heterocycles. The zero-order valence-corrected chi connectivity index (χ0v) is 10.5. The summed E-state index contributed by atoms with van der Waals surface area (Å²) in [6.45, 7) is 10.4. The van der Waals surface area contributed by atoms with E-state index in [0.29, 0.717) is 25.0 Å². The first kappa shape index (κ1) is 11.9. The Morgan fingerprint density at radius 1 is 1.50 bits per heavy atom. The summed E-state index contributed by atoms with van der Waals surface area (Å²) in [6.07, 6.45) is 0. The topological polar surface area (TPSA) is 41.6 Å². The van der Waals surface area contributed by atoms with Crippen LogP contribution < -0.4 is 5.32 Å². The molecule has 2 unspecified atom stereocenters. The molecule has 2 aliphatic heterocycles. The van der Waals surface area contributed by atoms with Crippen LogP contribution in [0.1, 0.15) is 20.8 Å². The van der Waals surface area contributed by atoms with Crippen molar-refractivity contribution < 1.29 is 9.53 Å². The molecule has 4 nitrogen and oxygen atoms in total. The molecule has 0 amide bonds. The first-order valence-corrected chi connectivity index (χ1v) is 6.17. The Hall–Kier alpha value is -0.610. The van der Waals surface area contributed by atoms with Crippen molar-refractivity contribution in [2.24, 2.45) is 11.8 Å². The number of esters is 1. The van der Waals surface area contributed by atoms with E-state index in [1.165, 1.54) is 0 Å². The number of nitrogens with zero attached hydrogens (tertiary/aromatic N) is 1. The first-order chi connectivity index (χ1) is 7.55. The summed E-state index contributed by atoms with van der Waals surface area (Å²) in [5.41, 5.74) is 0.112. The molecule has 2 fully saturated rings. The summed E-state index contributed by atoms with van der Waals surface area (Å²) in [6, 6.07) is 0. The lowest BCUT2D eigenvalue weighted by Crippen LogP contribution is -2.46. The van der Waals surface area contributed by atoms with Crippen molar-refractivity contribution in [2.45, 2.75) is 26.3 Å². The van der Waals surface area contributed by atoms with Crippen LogP contribution in [-0.4, -0.2) is 49.2 Å². The molecule has 2 heterocycles. The van der Waals surface area contributed by atoms with Gasteiger partial charge in [-0.3, -0.25) is 9.69 Å². The minimum absolute atomic E-state index is 0.0940. The Bertz CT molecular complexity index is 278. The van der Waals surface area contributed by atoms with Crippen LogP contribution in [0, 0.1) is 11.8 Å². The largest absolute Gasteiger partial charge is 0.465 e. The molecular weight excluding hydrogens is 204 g/mol. The predicted molar refractivity (Wildman–Crippen MR) is 62.1 cm³/mol. The standard InChI is InChI=1S/C12H22N2O2/c1-4-16-11(15)8-14-7-9-5-13-6-10(9)12(14,2)3/h9-10,13H,4-8H2,1-3H3. The van der Waals surface area contributed by atoms with Gasteiger partial charge >= 0.3 is 5.97 Å². The van der Waals surface area contributed by atoms with Crippen LogP contribution in [0.3, 0.4) is 0 Å². The summed E-state index contributed by atoms with van der Waals surface area (Å²) in [5.74, 6) is 1.27. The number of ether oxygens (including phenoxy) is 1. The minimum atomic E-state index is -0.0940. The Balaban J connectivity index is 1.98. The molecule has 0 aromatic carbocycles. The van der Waals surface area contributed by atoms with E-state index >= 15 is 0 Å². The van der Waals surface area contributed by atoms with Gasteiger partial charge in [-0.15, -0.1) is 0 Å². The number of likely N-dealkylation sites (tertiary alicyclic amines) is 1. The highest BCUT2D eigenvalue weighted by Gasteiger charge is 2.49. The molecule has 1 N–H and O–H groups in total. The minimum Gasteiger partial charge on any atom is -0.465 e. The van der Waals surface area contributed by atoms with E-state index in [9.17, 15) is 4.79 Å². The van der Waals surface area contributed by atoms with Crippen LogP contribution in [0.15, 0.2) is 0 Å². The van der Waals surface area contributed by atoms with Gasteiger partial charge in [-0.2, -0.15) is 0 Å². The summed E-state index contributed by atoms with van der Waals surface area (Å²) < 4.78 is 5.02. The van der Waals surface area contributed by atoms with Crippen molar-refractivity contribution in [3.63, 3.8) is 0 Å². The average Bonchev–Trinajstić information content (AvgIpc) is 2.72. The van der Waals surface area contributed by atoms with Crippen LogP contribution >= 0.6 is 0 Å². The summed E-state index contributed by atoms with van der Waals surface area (Å²) >= 11 is 0. The molecule has 16 heavy (non-hydrogen) atoms. The lowest BCUT2D eigenvalue weighted by atomic mass is 9.85. The van der Waals surface area contributed by atoms with Crippen LogP contribution in [0.2, 0.25) is 0 Å². The van der Waals surface area contributed by atoms with Crippen molar-refractivity contribution in [1.82, 2.24) is 10.2 Å². The predicted octanol–water partition coefficient (Wildman–Crippen LogP) is 0.479. The van der Waals surface area contributed by atoms with E-state index in [4.69, 9.17) is 4.74 Å². The maximum absolute atomic E-state index is 11.5. The lowest BCUT2D eigenvalue weighted by molar-refractivity contribution is -0.145. The Labute approximate surface area is 97.3 Å². The molecule has 0 bridgehead atoms. The molecule has 92 valence electrons. The SMILES string of the molecule is CCOC(=O)CN1CC2CNCC2C1(C)C. The fourth-order valence-corrected chi connectivity index (χ4v) is 3.14. The van der Waals surface area contributed by atoms with Gasteiger partial charge in [-0.25, -0.2) is 0 Å². The molecular formula is C12H22N2O2. The molecule has 0 aliphatic carbocycles. The number of nitrogens with one attached hydrogen (secondary N) is 1. The molecule has 4 heteroatoms. The van der Waals surface area contributed by atoms with Gasteiger partial charge in [0, 0.05) is 18.6 Å². The smallest absolute Gasteiger partial charge is 0.320 e. The van der Waals surface area contributed by atoms with Crippen LogP contribution in [-0.2, 0) is 9.53 Å². The third kappa shape index (κ3) is 1.96. The number of hydrogen-bond donors (Lipinski definition) is 1. The van der Waals surface area contributed by atoms with Gasteiger partial charge < -0.3 is 10.1 Å². The highest BCUT2D eigenvalue weighted by atomic mass is 16.5. The summed E-state index contributed by atoms with van der Waals surface area (Å²) in [4.78, 5) is 13.8. The third-order valence-corrected chi connectivity index (χ3v) is 4.14. The molecule has 0 aromatic rings. The van der Waals surface area contributed by atoms with Crippen molar-refractivity contribution in [1.29, 1.82) is 0 Å². The maximum Gasteiger partial charge on any atom is 0.320 e. The van der Waals surface area contributed by atoms with Gasteiger partial charge in [-0.1, -0.05) is 0 Å². The van der Waals surface area contributed by atoms with Crippen molar-refractivity contribution >= 4 is 5.97 Å². The molecule has 0 spiro atoms. The van der Waals surface area contributed by atoms with Crippen molar-refractivity contribution in [3.05, 3.63) is 0 Å². The quantitative estimate of drug-likeness (QED) is 0.711. The fraction of sp³-hybridized carbons (Fsp3) is 0.917. The number of fused-ring (bicyclic) bond motifs is 1. The van der Waals surface area contributed by atoms with Crippen LogP contribution in [0.5, 0.6) is 0 Å². The van der Waals surface area contributed by atoms with Gasteiger partial charge in [0.25, 0.3) is 0 Å². The van der Waals surface area contributed by atoms with Crippen molar-refractivity contribution in [2.75, 3.05) is 32.8 Å². The highest BCUT2D eigenvalue weighted by Crippen LogP contribution is 2.40. The average molecular weight is 226 g/mol. The lowest BCUT2D eigenvalue weighted by Gasteiger charge is -2.34. The second kappa shape index (κ2) is 4.34. The monoisotopic (exact) mass is 226 g/mol. The fourth-order valence-electron chi connectivity index (χ4n) is 3.14. The second-order valence-corrected chi connectivity index (χ2v) is 5.36. The number of hydrogen-bond acceptors (Lipinski definition) is 4. The first-order valence-electron chi connectivity index (χ1n) is 6.17. The molecule has 2 saturated heterocycles. The summed E-state index contributed by atoms with van der Waals surface area (Å²) in [5, 5.41) is 3.44. The van der Waals surface area contributed by atoms with E-state index in [0.717, 1.165) is 19.6 Å². The van der Waals surface area contributed by atoms with E-state index in [2.05, 4.69) is 24.1 Å². The Morgan fingerprint density at radius 3 is 2.88 bits per heavy atom. The molecule has 2 atom stereocenters. The molecule has 2 aliphatic rings.